The maximum atomic E-state index is 13.8. The van der Waals surface area contributed by atoms with Crippen LogP contribution in [0.25, 0.3) is 0 Å². The van der Waals surface area contributed by atoms with Gasteiger partial charge in [-0.15, -0.1) is 0 Å². The van der Waals surface area contributed by atoms with E-state index in [-0.39, 0.29) is 30.2 Å². The van der Waals surface area contributed by atoms with Gasteiger partial charge in [0, 0.05) is 36.6 Å². The molecular formula is C12H13F2NO2. The number of ether oxygens (including phenoxy) is 1. The first-order valence-electron chi connectivity index (χ1n) is 5.50. The highest BCUT2D eigenvalue weighted by Crippen LogP contribution is 2.30. The first kappa shape index (κ1) is 11.8. The predicted octanol–water partition coefficient (Wildman–Crippen LogP) is 1.97. The van der Waals surface area contributed by atoms with E-state index in [2.05, 4.69) is 5.32 Å². The second-order valence-corrected chi connectivity index (χ2v) is 3.94. The Balaban J connectivity index is 2.31. The molecule has 0 aromatic heterocycles. The van der Waals surface area contributed by atoms with Gasteiger partial charge in [-0.2, -0.15) is 0 Å². The van der Waals surface area contributed by atoms with E-state index < -0.39 is 17.6 Å². The molecule has 1 atom stereocenters. The second kappa shape index (κ2) is 4.69. The fourth-order valence-corrected chi connectivity index (χ4v) is 2.01. The minimum atomic E-state index is -0.657. The number of carbonyl (C=O) groups excluding carboxylic acids is 1. The highest BCUT2D eigenvalue weighted by Gasteiger charge is 2.28. The van der Waals surface area contributed by atoms with Crippen LogP contribution < -0.4 is 10.1 Å². The van der Waals surface area contributed by atoms with Crippen LogP contribution in [0.2, 0.25) is 0 Å². The summed E-state index contributed by atoms with van der Waals surface area (Å²) < 4.78 is 32.6. The van der Waals surface area contributed by atoms with Gasteiger partial charge < -0.3 is 10.1 Å². The Hall–Kier alpha value is -1.65. The third-order valence-corrected chi connectivity index (χ3v) is 2.75. The zero-order chi connectivity index (χ0) is 12.4. The smallest absolute Gasteiger partial charge is 0.220 e. The summed E-state index contributed by atoms with van der Waals surface area (Å²) in [6.07, 6.45) is 0.127. The quantitative estimate of drug-likeness (QED) is 0.878. The molecule has 1 aromatic carbocycles. The fraction of sp³-hybridized carbons (Fsp3) is 0.417. The predicted molar refractivity (Wildman–Crippen MR) is 57.9 cm³/mol. The van der Waals surface area contributed by atoms with Gasteiger partial charge in [0.25, 0.3) is 0 Å². The fourth-order valence-electron chi connectivity index (χ4n) is 2.01. The second-order valence-electron chi connectivity index (χ2n) is 3.94. The molecule has 5 heteroatoms. The summed E-state index contributed by atoms with van der Waals surface area (Å²) >= 11 is 0. The summed E-state index contributed by atoms with van der Waals surface area (Å²) in [5.41, 5.74) is -0.0354. The molecule has 0 spiro atoms. The SMILES string of the molecule is CCOc1cc(F)c(C2CNC(=O)C2)c(F)c1. The summed E-state index contributed by atoms with van der Waals surface area (Å²) in [6.45, 7) is 2.37. The Bertz CT molecular complexity index is 425. The summed E-state index contributed by atoms with van der Waals surface area (Å²) in [5.74, 6) is -1.76. The van der Waals surface area contributed by atoms with E-state index in [1.807, 2.05) is 0 Å². The van der Waals surface area contributed by atoms with Gasteiger partial charge in [0.05, 0.1) is 6.61 Å². The Kier molecular flexibility index (Phi) is 3.26. The zero-order valence-corrected chi connectivity index (χ0v) is 9.43. The van der Waals surface area contributed by atoms with Gasteiger partial charge in [-0.3, -0.25) is 4.79 Å². The van der Waals surface area contributed by atoms with Gasteiger partial charge in [0.2, 0.25) is 5.91 Å². The standard InChI is InChI=1S/C12H13F2NO2/c1-2-17-8-4-9(13)12(10(14)5-8)7-3-11(16)15-6-7/h4-5,7H,2-3,6H2,1H3,(H,15,16). The third kappa shape index (κ3) is 2.38. The monoisotopic (exact) mass is 241 g/mol. The zero-order valence-electron chi connectivity index (χ0n) is 9.43. The number of benzene rings is 1. The van der Waals surface area contributed by atoms with E-state index in [1.54, 1.807) is 6.92 Å². The Labute approximate surface area is 97.8 Å². The van der Waals surface area contributed by atoms with Crippen molar-refractivity contribution >= 4 is 5.91 Å². The first-order chi connectivity index (χ1) is 8.11. The summed E-state index contributed by atoms with van der Waals surface area (Å²) in [6, 6.07) is 2.31. The van der Waals surface area contributed by atoms with E-state index in [9.17, 15) is 13.6 Å². The number of hydrogen-bond acceptors (Lipinski definition) is 2. The number of halogens is 2. The molecule has 0 saturated carbocycles. The number of rotatable bonds is 3. The van der Waals surface area contributed by atoms with Gasteiger partial charge in [0.1, 0.15) is 17.4 Å². The van der Waals surface area contributed by atoms with Gasteiger partial charge in [-0.1, -0.05) is 0 Å². The molecule has 1 aliphatic heterocycles. The lowest BCUT2D eigenvalue weighted by molar-refractivity contribution is -0.119. The van der Waals surface area contributed by atoms with Crippen LogP contribution in [0.1, 0.15) is 24.8 Å². The van der Waals surface area contributed by atoms with Crippen LogP contribution in [0.4, 0.5) is 8.78 Å². The number of nitrogens with one attached hydrogen (secondary N) is 1. The molecule has 1 amide bonds. The van der Waals surface area contributed by atoms with Gasteiger partial charge in [-0.05, 0) is 6.92 Å². The largest absolute Gasteiger partial charge is 0.494 e. The van der Waals surface area contributed by atoms with Crippen molar-refractivity contribution in [1.82, 2.24) is 5.32 Å². The van der Waals surface area contributed by atoms with Crippen LogP contribution in [-0.4, -0.2) is 19.1 Å². The Morgan fingerprint density at radius 3 is 2.53 bits per heavy atom. The minimum absolute atomic E-state index is 0.0354. The average Bonchev–Trinajstić information content (AvgIpc) is 2.64. The van der Waals surface area contributed by atoms with Crippen LogP contribution in [0.15, 0.2) is 12.1 Å². The maximum Gasteiger partial charge on any atom is 0.220 e. The van der Waals surface area contributed by atoms with E-state index in [0.717, 1.165) is 12.1 Å². The van der Waals surface area contributed by atoms with Crippen LogP contribution >= 0.6 is 0 Å². The first-order valence-corrected chi connectivity index (χ1v) is 5.50. The molecule has 1 aromatic rings. The molecule has 17 heavy (non-hydrogen) atoms. The van der Waals surface area contributed by atoms with E-state index in [4.69, 9.17) is 4.74 Å². The molecule has 92 valence electrons. The lowest BCUT2D eigenvalue weighted by Crippen LogP contribution is -2.14. The highest BCUT2D eigenvalue weighted by molar-refractivity contribution is 5.79. The Morgan fingerprint density at radius 1 is 1.41 bits per heavy atom. The number of amides is 1. The molecular weight excluding hydrogens is 228 g/mol. The average molecular weight is 241 g/mol. The maximum absolute atomic E-state index is 13.8. The van der Waals surface area contributed by atoms with Crippen molar-refractivity contribution in [3.8, 4) is 5.75 Å². The van der Waals surface area contributed by atoms with Crippen LogP contribution in [0.5, 0.6) is 5.75 Å². The van der Waals surface area contributed by atoms with Gasteiger partial charge in [-0.25, -0.2) is 8.78 Å². The topological polar surface area (TPSA) is 38.3 Å². The lowest BCUT2D eigenvalue weighted by atomic mass is 9.97. The van der Waals surface area contributed by atoms with Crippen molar-refractivity contribution in [2.24, 2.45) is 0 Å². The molecule has 0 bridgehead atoms. The molecule has 1 N–H and O–H groups in total. The van der Waals surface area contributed by atoms with Crippen molar-refractivity contribution in [2.45, 2.75) is 19.3 Å². The third-order valence-electron chi connectivity index (χ3n) is 2.75. The molecule has 1 aliphatic rings. The Morgan fingerprint density at radius 2 is 2.06 bits per heavy atom. The van der Waals surface area contributed by atoms with Crippen molar-refractivity contribution in [1.29, 1.82) is 0 Å². The van der Waals surface area contributed by atoms with Gasteiger partial charge in [0.15, 0.2) is 0 Å². The van der Waals surface area contributed by atoms with E-state index in [0.29, 0.717) is 6.61 Å². The summed E-state index contributed by atoms with van der Waals surface area (Å²) in [7, 11) is 0. The van der Waals surface area contributed by atoms with Crippen molar-refractivity contribution in [3.63, 3.8) is 0 Å². The van der Waals surface area contributed by atoms with Crippen molar-refractivity contribution in [3.05, 3.63) is 29.3 Å². The summed E-state index contributed by atoms with van der Waals surface area (Å²) in [5, 5.41) is 2.56. The molecule has 1 unspecified atom stereocenters. The van der Waals surface area contributed by atoms with Crippen molar-refractivity contribution < 1.29 is 18.3 Å². The van der Waals surface area contributed by atoms with Crippen LogP contribution in [0, 0.1) is 11.6 Å². The molecule has 0 radical (unpaired) electrons. The van der Waals surface area contributed by atoms with Gasteiger partial charge >= 0.3 is 0 Å². The lowest BCUT2D eigenvalue weighted by Gasteiger charge is -2.12. The highest BCUT2D eigenvalue weighted by atomic mass is 19.1. The van der Waals surface area contributed by atoms with E-state index >= 15 is 0 Å². The molecule has 0 aliphatic carbocycles. The molecule has 1 saturated heterocycles. The van der Waals surface area contributed by atoms with Crippen LogP contribution in [-0.2, 0) is 4.79 Å². The normalized spacial score (nSPS) is 19.2. The van der Waals surface area contributed by atoms with Crippen molar-refractivity contribution in [2.75, 3.05) is 13.2 Å². The van der Waals surface area contributed by atoms with Crippen LogP contribution in [0.3, 0.4) is 0 Å². The minimum Gasteiger partial charge on any atom is -0.494 e. The molecule has 2 rings (SSSR count). The number of carbonyl (C=O) groups is 1. The molecule has 1 heterocycles. The molecule has 1 fully saturated rings. The number of hydrogen-bond donors (Lipinski definition) is 1. The summed E-state index contributed by atoms with van der Waals surface area (Å²) in [4.78, 5) is 11.0. The van der Waals surface area contributed by atoms with E-state index in [1.165, 1.54) is 0 Å². The molecule has 3 nitrogen and oxygen atoms in total.